The highest BCUT2D eigenvalue weighted by Gasteiger charge is 2.14. The van der Waals surface area contributed by atoms with Crippen LogP contribution in [0, 0.1) is 0 Å². The molecule has 0 fully saturated rings. The summed E-state index contributed by atoms with van der Waals surface area (Å²) in [5.41, 5.74) is 0.204. The van der Waals surface area contributed by atoms with E-state index in [2.05, 4.69) is 20.9 Å². The van der Waals surface area contributed by atoms with Crippen molar-refractivity contribution in [2.45, 2.75) is 13.3 Å². The highest BCUT2D eigenvalue weighted by molar-refractivity contribution is 9.10. The van der Waals surface area contributed by atoms with Gasteiger partial charge in [-0.2, -0.15) is 0 Å². The third-order valence-corrected chi connectivity index (χ3v) is 2.00. The molecule has 0 N–H and O–H groups in total. The number of carbonyl (C=O) groups excluding carboxylic acids is 2. The molecule has 1 heterocycles. The molecular weight excluding hydrogens is 234 g/mol. The second-order valence-electron chi connectivity index (χ2n) is 2.47. The molecule has 0 amide bonds. The smallest absolute Gasteiger partial charge is 0.246 e. The van der Waals surface area contributed by atoms with Crippen LogP contribution in [0.5, 0.6) is 0 Å². The number of hydrogen-bond donors (Lipinski definition) is 0. The number of hydrogen-bond acceptors (Lipinski definition) is 3. The SMILES string of the molecule is CCC(=O)C(=O)c1ccc(Br)cn1. The highest BCUT2D eigenvalue weighted by atomic mass is 79.9. The number of rotatable bonds is 3. The van der Waals surface area contributed by atoms with Crippen LogP contribution in [-0.2, 0) is 4.79 Å². The van der Waals surface area contributed by atoms with E-state index in [9.17, 15) is 9.59 Å². The molecule has 1 rings (SSSR count). The fourth-order valence-corrected chi connectivity index (χ4v) is 1.05. The first-order valence-corrected chi connectivity index (χ1v) is 4.63. The maximum atomic E-state index is 11.3. The second kappa shape index (κ2) is 4.28. The summed E-state index contributed by atoms with van der Waals surface area (Å²) < 4.78 is 0.785. The Balaban J connectivity index is 2.90. The van der Waals surface area contributed by atoms with Gasteiger partial charge < -0.3 is 0 Å². The Labute approximate surface area is 84.3 Å². The molecular formula is C9H8BrNO2. The zero-order chi connectivity index (χ0) is 9.84. The van der Waals surface area contributed by atoms with Gasteiger partial charge in [0, 0.05) is 17.1 Å². The topological polar surface area (TPSA) is 47.0 Å². The van der Waals surface area contributed by atoms with Crippen molar-refractivity contribution < 1.29 is 9.59 Å². The minimum atomic E-state index is -0.519. The monoisotopic (exact) mass is 241 g/mol. The molecule has 1 aromatic rings. The molecule has 0 spiro atoms. The van der Waals surface area contributed by atoms with Crippen LogP contribution < -0.4 is 0 Å². The molecule has 0 aliphatic heterocycles. The van der Waals surface area contributed by atoms with Crippen LogP contribution in [0.25, 0.3) is 0 Å². The molecule has 3 nitrogen and oxygen atoms in total. The lowest BCUT2D eigenvalue weighted by atomic mass is 10.1. The summed E-state index contributed by atoms with van der Waals surface area (Å²) in [7, 11) is 0. The van der Waals surface area contributed by atoms with E-state index in [1.54, 1.807) is 13.0 Å². The molecule has 0 saturated carbocycles. The number of ketones is 2. The minimum absolute atomic E-state index is 0.204. The number of Topliss-reactive ketones (excluding diaryl/α,β-unsaturated/α-hetero) is 2. The predicted octanol–water partition coefficient (Wildman–Crippen LogP) is 2.01. The maximum absolute atomic E-state index is 11.3. The van der Waals surface area contributed by atoms with Gasteiger partial charge in [-0.25, -0.2) is 0 Å². The van der Waals surface area contributed by atoms with Crippen molar-refractivity contribution in [3.05, 3.63) is 28.5 Å². The third kappa shape index (κ3) is 2.45. The summed E-state index contributed by atoms with van der Waals surface area (Å²) >= 11 is 3.19. The van der Waals surface area contributed by atoms with Gasteiger partial charge in [0.05, 0.1) is 0 Å². The standard InChI is InChI=1S/C9H8BrNO2/c1-2-8(12)9(13)7-4-3-6(10)5-11-7/h3-5H,2H2,1H3. The van der Waals surface area contributed by atoms with E-state index in [1.807, 2.05) is 0 Å². The number of nitrogens with zero attached hydrogens (tertiary/aromatic N) is 1. The van der Waals surface area contributed by atoms with E-state index in [0.717, 1.165) is 4.47 Å². The molecule has 13 heavy (non-hydrogen) atoms. The Kier molecular flexibility index (Phi) is 3.31. The van der Waals surface area contributed by atoms with Crippen LogP contribution in [0.3, 0.4) is 0 Å². The van der Waals surface area contributed by atoms with Gasteiger partial charge in [-0.3, -0.25) is 14.6 Å². The summed E-state index contributed by atoms with van der Waals surface area (Å²) in [5, 5.41) is 0. The molecule has 0 saturated heterocycles. The number of halogens is 1. The quantitative estimate of drug-likeness (QED) is 0.601. The van der Waals surface area contributed by atoms with Crippen molar-refractivity contribution in [3.8, 4) is 0 Å². The fourth-order valence-electron chi connectivity index (χ4n) is 0.814. The molecule has 4 heteroatoms. The summed E-state index contributed by atoms with van der Waals surface area (Å²) in [6.45, 7) is 1.65. The molecule has 0 radical (unpaired) electrons. The lowest BCUT2D eigenvalue weighted by Gasteiger charge is -1.96. The van der Waals surface area contributed by atoms with E-state index in [0.29, 0.717) is 0 Å². The van der Waals surface area contributed by atoms with Gasteiger partial charge in [-0.05, 0) is 28.1 Å². The molecule has 1 aromatic heterocycles. The van der Waals surface area contributed by atoms with Crippen molar-refractivity contribution in [1.82, 2.24) is 4.98 Å². The van der Waals surface area contributed by atoms with Gasteiger partial charge >= 0.3 is 0 Å². The average Bonchev–Trinajstić information content (AvgIpc) is 2.17. The van der Waals surface area contributed by atoms with Gasteiger partial charge in [-0.15, -0.1) is 0 Å². The maximum Gasteiger partial charge on any atom is 0.246 e. The predicted molar refractivity (Wildman–Crippen MR) is 51.6 cm³/mol. The second-order valence-corrected chi connectivity index (χ2v) is 3.38. The molecule has 0 atom stereocenters. The zero-order valence-corrected chi connectivity index (χ0v) is 8.67. The Morgan fingerprint density at radius 2 is 2.15 bits per heavy atom. The summed E-state index contributed by atoms with van der Waals surface area (Å²) in [6, 6.07) is 3.21. The lowest BCUT2D eigenvalue weighted by Crippen LogP contribution is -2.13. The molecule has 68 valence electrons. The van der Waals surface area contributed by atoms with Gasteiger partial charge in [0.2, 0.25) is 11.6 Å². The van der Waals surface area contributed by atoms with Gasteiger partial charge in [-0.1, -0.05) is 6.92 Å². The number of carbonyl (C=O) groups is 2. The van der Waals surface area contributed by atoms with E-state index >= 15 is 0 Å². The Bertz CT molecular complexity index is 332. The first kappa shape index (κ1) is 10.1. The normalized spacial score (nSPS) is 9.69. The molecule has 0 bridgehead atoms. The van der Waals surface area contributed by atoms with Crippen molar-refractivity contribution >= 4 is 27.5 Å². The Hall–Kier alpha value is -1.03. The zero-order valence-electron chi connectivity index (χ0n) is 7.08. The van der Waals surface area contributed by atoms with Crippen LogP contribution in [0.15, 0.2) is 22.8 Å². The number of aromatic nitrogens is 1. The lowest BCUT2D eigenvalue weighted by molar-refractivity contribution is -0.114. The van der Waals surface area contributed by atoms with E-state index < -0.39 is 11.6 Å². The van der Waals surface area contributed by atoms with Crippen molar-refractivity contribution in [3.63, 3.8) is 0 Å². The largest absolute Gasteiger partial charge is 0.290 e. The highest BCUT2D eigenvalue weighted by Crippen LogP contribution is 2.08. The Morgan fingerprint density at radius 1 is 1.46 bits per heavy atom. The number of pyridine rings is 1. The molecule has 0 aromatic carbocycles. The van der Waals surface area contributed by atoms with Crippen LogP contribution >= 0.6 is 15.9 Å². The van der Waals surface area contributed by atoms with E-state index in [1.165, 1.54) is 12.3 Å². The van der Waals surface area contributed by atoms with Crippen molar-refractivity contribution in [2.24, 2.45) is 0 Å². The van der Waals surface area contributed by atoms with Gasteiger partial charge in [0.25, 0.3) is 0 Å². The summed E-state index contributed by atoms with van der Waals surface area (Å²) in [5.74, 6) is -0.926. The molecule has 0 aliphatic rings. The van der Waals surface area contributed by atoms with E-state index in [-0.39, 0.29) is 12.1 Å². The Morgan fingerprint density at radius 3 is 2.62 bits per heavy atom. The minimum Gasteiger partial charge on any atom is -0.290 e. The first-order chi connectivity index (χ1) is 6.15. The third-order valence-electron chi connectivity index (χ3n) is 1.53. The van der Waals surface area contributed by atoms with Crippen LogP contribution in [-0.4, -0.2) is 16.6 Å². The van der Waals surface area contributed by atoms with Crippen LogP contribution in [0.4, 0.5) is 0 Å². The first-order valence-electron chi connectivity index (χ1n) is 3.84. The van der Waals surface area contributed by atoms with Crippen molar-refractivity contribution in [1.29, 1.82) is 0 Å². The average molecular weight is 242 g/mol. The summed E-state index contributed by atoms with van der Waals surface area (Å²) in [4.78, 5) is 26.1. The molecule has 0 unspecified atom stereocenters. The van der Waals surface area contributed by atoms with Crippen LogP contribution in [0.2, 0.25) is 0 Å². The summed E-state index contributed by atoms with van der Waals surface area (Å²) in [6.07, 6.45) is 1.72. The van der Waals surface area contributed by atoms with Gasteiger partial charge in [0.1, 0.15) is 5.69 Å². The molecule has 0 aliphatic carbocycles. The van der Waals surface area contributed by atoms with Crippen molar-refractivity contribution in [2.75, 3.05) is 0 Å². The van der Waals surface area contributed by atoms with Crippen LogP contribution in [0.1, 0.15) is 23.8 Å². The van der Waals surface area contributed by atoms with E-state index in [4.69, 9.17) is 0 Å². The van der Waals surface area contributed by atoms with Gasteiger partial charge in [0.15, 0.2) is 0 Å². The fraction of sp³-hybridized carbons (Fsp3) is 0.222.